The molecule has 1 N–H and O–H groups in total. The van der Waals surface area contributed by atoms with Gasteiger partial charge in [0.05, 0.1) is 0 Å². The molecule has 6 nitrogen and oxygen atoms in total. The number of amides is 1. The molecule has 0 spiro atoms. The fourth-order valence-corrected chi connectivity index (χ4v) is 2.39. The highest BCUT2D eigenvalue weighted by Crippen LogP contribution is 2.22. The number of hydrogen-bond acceptors (Lipinski definition) is 5. The fraction of sp³-hybridized carbons (Fsp3) is 0.286. The molecular weight excluding hydrogens is 342 g/mol. The van der Waals surface area contributed by atoms with E-state index in [1.54, 1.807) is 12.1 Å². The Kier molecular flexibility index (Phi) is 5.86. The van der Waals surface area contributed by atoms with E-state index in [-0.39, 0.29) is 18.4 Å². The lowest BCUT2D eigenvalue weighted by Gasteiger charge is -2.08. The molecule has 1 amide bonds. The molecular formula is C21H23N3O3. The lowest BCUT2D eigenvalue weighted by atomic mass is 10.1. The van der Waals surface area contributed by atoms with Gasteiger partial charge in [-0.2, -0.15) is 4.98 Å². The molecule has 27 heavy (non-hydrogen) atoms. The zero-order valence-electron chi connectivity index (χ0n) is 15.7. The molecule has 0 aliphatic rings. The summed E-state index contributed by atoms with van der Waals surface area (Å²) in [5, 5.41) is 6.80. The molecule has 6 heteroatoms. The summed E-state index contributed by atoms with van der Waals surface area (Å²) in [5.41, 5.74) is 3.06. The molecule has 0 aliphatic heterocycles. The third-order valence-corrected chi connectivity index (χ3v) is 4.04. The number of nitrogens with zero attached hydrogens (tertiary/aromatic N) is 2. The van der Waals surface area contributed by atoms with Crippen LogP contribution < -0.4 is 10.1 Å². The number of carbonyl (C=O) groups excluding carboxylic acids is 1. The molecule has 3 aromatic rings. The first-order chi connectivity index (χ1) is 13.0. The van der Waals surface area contributed by atoms with Crippen LogP contribution in [0.4, 0.5) is 0 Å². The van der Waals surface area contributed by atoms with Crippen LogP contribution in [0.3, 0.4) is 0 Å². The van der Waals surface area contributed by atoms with Gasteiger partial charge in [0.1, 0.15) is 5.75 Å². The number of hydrogen-bond donors (Lipinski definition) is 1. The van der Waals surface area contributed by atoms with E-state index in [4.69, 9.17) is 9.26 Å². The van der Waals surface area contributed by atoms with Gasteiger partial charge in [-0.1, -0.05) is 48.8 Å². The zero-order valence-corrected chi connectivity index (χ0v) is 15.7. The van der Waals surface area contributed by atoms with Crippen molar-refractivity contribution in [3.8, 4) is 17.2 Å². The molecule has 140 valence electrons. The van der Waals surface area contributed by atoms with Crippen LogP contribution in [0, 0.1) is 6.92 Å². The first kappa shape index (κ1) is 18.6. The summed E-state index contributed by atoms with van der Waals surface area (Å²) in [6.07, 6.45) is 0. The minimum absolute atomic E-state index is 0.0384. The molecule has 0 aliphatic carbocycles. The van der Waals surface area contributed by atoms with Gasteiger partial charge < -0.3 is 14.6 Å². The summed E-state index contributed by atoms with van der Waals surface area (Å²) in [5.74, 6) is 1.80. The molecule has 0 atom stereocenters. The van der Waals surface area contributed by atoms with E-state index in [2.05, 4.69) is 15.5 Å². The Morgan fingerprint density at radius 2 is 1.81 bits per heavy atom. The molecule has 0 bridgehead atoms. The standard InChI is InChI=1S/C21H23N3O3/c1-14(2)20-23-21(27-24-20)17-8-10-18(11-9-17)26-13-19(25)22-12-16-6-4-15(3)5-7-16/h4-11,14H,12-13H2,1-3H3,(H,22,25). The third kappa shape index (κ3) is 5.17. The second kappa shape index (κ2) is 8.49. The normalized spacial score (nSPS) is 10.8. The van der Waals surface area contributed by atoms with E-state index in [0.717, 1.165) is 11.1 Å². The van der Waals surface area contributed by atoms with E-state index in [9.17, 15) is 4.79 Å². The van der Waals surface area contributed by atoms with Crippen LogP contribution in [0.25, 0.3) is 11.5 Å². The van der Waals surface area contributed by atoms with Crippen molar-refractivity contribution in [1.82, 2.24) is 15.5 Å². The lowest BCUT2D eigenvalue weighted by molar-refractivity contribution is -0.123. The predicted molar refractivity (Wildman–Crippen MR) is 102 cm³/mol. The predicted octanol–water partition coefficient (Wildman–Crippen LogP) is 3.86. The SMILES string of the molecule is Cc1ccc(CNC(=O)COc2ccc(-c3nc(C(C)C)no3)cc2)cc1. The lowest BCUT2D eigenvalue weighted by Crippen LogP contribution is -2.28. The molecule has 3 rings (SSSR count). The topological polar surface area (TPSA) is 77.2 Å². The Bertz CT molecular complexity index is 884. The first-order valence-electron chi connectivity index (χ1n) is 8.90. The van der Waals surface area contributed by atoms with E-state index >= 15 is 0 Å². The summed E-state index contributed by atoms with van der Waals surface area (Å²) in [6, 6.07) is 15.3. The van der Waals surface area contributed by atoms with Crippen molar-refractivity contribution in [2.75, 3.05) is 6.61 Å². The Labute approximate surface area is 158 Å². The van der Waals surface area contributed by atoms with Crippen molar-refractivity contribution in [2.45, 2.75) is 33.2 Å². The van der Waals surface area contributed by atoms with Crippen LogP contribution in [0.1, 0.15) is 36.7 Å². The van der Waals surface area contributed by atoms with Gasteiger partial charge in [0.15, 0.2) is 12.4 Å². The summed E-state index contributed by atoms with van der Waals surface area (Å²) < 4.78 is 10.8. The number of nitrogens with one attached hydrogen (secondary N) is 1. The van der Waals surface area contributed by atoms with Gasteiger partial charge in [0.2, 0.25) is 0 Å². The van der Waals surface area contributed by atoms with Crippen LogP contribution in [0.5, 0.6) is 5.75 Å². The summed E-state index contributed by atoms with van der Waals surface area (Å²) in [6.45, 7) is 6.49. The smallest absolute Gasteiger partial charge is 0.258 e. The Morgan fingerprint density at radius 1 is 1.11 bits per heavy atom. The maximum absolute atomic E-state index is 11.9. The van der Waals surface area contributed by atoms with Gasteiger partial charge in [-0.05, 0) is 36.8 Å². The van der Waals surface area contributed by atoms with E-state index in [1.807, 2.05) is 57.2 Å². The maximum Gasteiger partial charge on any atom is 0.258 e. The van der Waals surface area contributed by atoms with Gasteiger partial charge in [-0.3, -0.25) is 4.79 Å². The van der Waals surface area contributed by atoms with Crippen LogP contribution in [-0.4, -0.2) is 22.7 Å². The van der Waals surface area contributed by atoms with Gasteiger partial charge in [-0.25, -0.2) is 0 Å². The number of aromatic nitrogens is 2. The number of benzene rings is 2. The largest absolute Gasteiger partial charge is 0.484 e. The molecule has 0 fully saturated rings. The molecule has 0 saturated heterocycles. The highest BCUT2D eigenvalue weighted by Gasteiger charge is 2.11. The van der Waals surface area contributed by atoms with Gasteiger partial charge >= 0.3 is 0 Å². The Hall–Kier alpha value is -3.15. The van der Waals surface area contributed by atoms with E-state index in [1.165, 1.54) is 5.56 Å². The second-order valence-corrected chi connectivity index (χ2v) is 6.69. The van der Waals surface area contributed by atoms with Crippen molar-refractivity contribution < 1.29 is 14.1 Å². The highest BCUT2D eigenvalue weighted by molar-refractivity contribution is 5.77. The average Bonchev–Trinajstić information content (AvgIpc) is 3.17. The molecule has 2 aromatic carbocycles. The number of ether oxygens (including phenoxy) is 1. The third-order valence-electron chi connectivity index (χ3n) is 4.04. The summed E-state index contributed by atoms with van der Waals surface area (Å²) >= 11 is 0. The molecule has 0 unspecified atom stereocenters. The van der Waals surface area contributed by atoms with Crippen LogP contribution in [-0.2, 0) is 11.3 Å². The average molecular weight is 365 g/mol. The maximum atomic E-state index is 11.9. The molecule has 1 heterocycles. The van der Waals surface area contributed by atoms with Crippen LogP contribution in [0.15, 0.2) is 53.1 Å². The van der Waals surface area contributed by atoms with Crippen molar-refractivity contribution in [2.24, 2.45) is 0 Å². The van der Waals surface area contributed by atoms with Crippen LogP contribution >= 0.6 is 0 Å². The molecule has 0 saturated carbocycles. The van der Waals surface area contributed by atoms with Gasteiger partial charge in [-0.15, -0.1) is 0 Å². The second-order valence-electron chi connectivity index (χ2n) is 6.69. The van der Waals surface area contributed by atoms with Gasteiger partial charge in [0, 0.05) is 18.0 Å². The highest BCUT2D eigenvalue weighted by atomic mass is 16.5. The van der Waals surface area contributed by atoms with Crippen molar-refractivity contribution in [3.63, 3.8) is 0 Å². The Balaban J connectivity index is 1.49. The summed E-state index contributed by atoms with van der Waals surface area (Å²) in [4.78, 5) is 16.3. The van der Waals surface area contributed by atoms with E-state index in [0.29, 0.717) is 24.0 Å². The minimum Gasteiger partial charge on any atom is -0.484 e. The monoisotopic (exact) mass is 365 g/mol. The number of rotatable bonds is 7. The Morgan fingerprint density at radius 3 is 2.44 bits per heavy atom. The van der Waals surface area contributed by atoms with Gasteiger partial charge in [0.25, 0.3) is 11.8 Å². The zero-order chi connectivity index (χ0) is 19.2. The first-order valence-corrected chi connectivity index (χ1v) is 8.90. The minimum atomic E-state index is -0.168. The van der Waals surface area contributed by atoms with Crippen molar-refractivity contribution in [3.05, 3.63) is 65.5 Å². The number of carbonyl (C=O) groups is 1. The van der Waals surface area contributed by atoms with Crippen molar-refractivity contribution in [1.29, 1.82) is 0 Å². The van der Waals surface area contributed by atoms with E-state index < -0.39 is 0 Å². The van der Waals surface area contributed by atoms with Crippen LogP contribution in [0.2, 0.25) is 0 Å². The quantitative estimate of drug-likeness (QED) is 0.688. The summed E-state index contributed by atoms with van der Waals surface area (Å²) in [7, 11) is 0. The van der Waals surface area contributed by atoms with Crippen molar-refractivity contribution >= 4 is 5.91 Å². The number of aryl methyl sites for hydroxylation is 1. The molecule has 1 aromatic heterocycles. The fourth-order valence-electron chi connectivity index (χ4n) is 2.39. The molecule has 0 radical (unpaired) electrons.